The maximum Gasteiger partial charge on any atom is 0.285 e. The van der Waals surface area contributed by atoms with E-state index in [4.69, 9.17) is 11.6 Å². The van der Waals surface area contributed by atoms with E-state index in [1.54, 1.807) is 6.21 Å². The van der Waals surface area contributed by atoms with E-state index in [9.17, 15) is 4.79 Å². The van der Waals surface area contributed by atoms with Crippen LogP contribution in [0.2, 0.25) is 5.02 Å². The highest BCUT2D eigenvalue weighted by atomic mass is 35.5. The zero-order valence-corrected chi connectivity index (χ0v) is 11.1. The second kappa shape index (κ2) is 6.15. The maximum absolute atomic E-state index is 11.2. The molecule has 0 spiro atoms. The van der Waals surface area contributed by atoms with Crippen LogP contribution in [0.5, 0.6) is 0 Å². The first kappa shape index (κ1) is 13.3. The molecule has 1 heterocycles. The summed E-state index contributed by atoms with van der Waals surface area (Å²) in [6, 6.07) is 9.97. The van der Waals surface area contributed by atoms with Crippen LogP contribution in [-0.2, 0) is 0 Å². The van der Waals surface area contributed by atoms with Crippen molar-refractivity contribution in [1.82, 2.24) is 10.2 Å². The molecule has 1 aromatic carbocycles. The average molecular weight is 277 g/mol. The van der Waals surface area contributed by atoms with E-state index in [0.717, 1.165) is 5.56 Å². The standard InChI is InChI=1S/C13H13ClN4O/c1-9(10-5-3-2-4-6-10)7-15-17-11-8-16-18-13(19)12(11)14/h2-9H,1H3,(H2,17,18,19)/b15-7-/t9-/m1/s1. The number of aromatic amines is 1. The Labute approximate surface area is 115 Å². The molecule has 2 N–H and O–H groups in total. The van der Waals surface area contributed by atoms with Crippen molar-refractivity contribution in [2.45, 2.75) is 12.8 Å². The van der Waals surface area contributed by atoms with E-state index in [0.29, 0.717) is 5.69 Å². The Morgan fingerprint density at radius 2 is 2.16 bits per heavy atom. The number of nitrogens with one attached hydrogen (secondary N) is 2. The van der Waals surface area contributed by atoms with Crippen LogP contribution in [0.25, 0.3) is 0 Å². The summed E-state index contributed by atoms with van der Waals surface area (Å²) in [6.07, 6.45) is 3.15. The van der Waals surface area contributed by atoms with Gasteiger partial charge in [0.25, 0.3) is 5.56 Å². The molecule has 0 aliphatic rings. The predicted octanol–water partition coefficient (Wildman–Crippen LogP) is 2.62. The van der Waals surface area contributed by atoms with Gasteiger partial charge in [-0.3, -0.25) is 10.2 Å². The maximum atomic E-state index is 11.2. The van der Waals surface area contributed by atoms with Gasteiger partial charge in [0.15, 0.2) is 0 Å². The van der Waals surface area contributed by atoms with Gasteiger partial charge in [0.1, 0.15) is 10.7 Å². The number of nitrogens with zero attached hydrogens (tertiary/aromatic N) is 2. The monoisotopic (exact) mass is 276 g/mol. The van der Waals surface area contributed by atoms with Crippen molar-refractivity contribution in [1.29, 1.82) is 0 Å². The summed E-state index contributed by atoms with van der Waals surface area (Å²) in [5.74, 6) is 0.155. The Kier molecular flexibility index (Phi) is 4.30. The molecule has 0 aliphatic carbocycles. The van der Waals surface area contributed by atoms with Crippen LogP contribution in [-0.4, -0.2) is 16.4 Å². The van der Waals surface area contributed by atoms with Crippen LogP contribution in [0.15, 0.2) is 46.4 Å². The van der Waals surface area contributed by atoms with E-state index in [2.05, 4.69) is 20.7 Å². The van der Waals surface area contributed by atoms with Gasteiger partial charge in [-0.2, -0.15) is 10.2 Å². The van der Waals surface area contributed by atoms with E-state index in [1.807, 2.05) is 37.3 Å². The molecule has 1 atom stereocenters. The lowest BCUT2D eigenvalue weighted by molar-refractivity contribution is 0.985. The first-order valence-electron chi connectivity index (χ1n) is 5.76. The highest BCUT2D eigenvalue weighted by Gasteiger charge is 2.04. The summed E-state index contributed by atoms with van der Waals surface area (Å²) in [5.41, 5.74) is 3.80. The van der Waals surface area contributed by atoms with E-state index >= 15 is 0 Å². The Balaban J connectivity index is 2.04. The molecule has 0 bridgehead atoms. The molecule has 2 aromatic rings. The molecule has 19 heavy (non-hydrogen) atoms. The third kappa shape index (κ3) is 3.42. The van der Waals surface area contributed by atoms with Gasteiger partial charge in [0.05, 0.1) is 6.20 Å². The van der Waals surface area contributed by atoms with Gasteiger partial charge in [-0.1, -0.05) is 48.9 Å². The molecule has 0 unspecified atom stereocenters. The van der Waals surface area contributed by atoms with Crippen molar-refractivity contribution in [3.63, 3.8) is 0 Å². The van der Waals surface area contributed by atoms with Crippen molar-refractivity contribution >= 4 is 23.5 Å². The molecular formula is C13H13ClN4O. The smallest absolute Gasteiger partial charge is 0.275 e. The minimum Gasteiger partial charge on any atom is -0.275 e. The summed E-state index contributed by atoms with van der Waals surface area (Å²) in [7, 11) is 0. The number of anilines is 1. The fraction of sp³-hybridized carbons (Fsp3) is 0.154. The van der Waals surface area contributed by atoms with Gasteiger partial charge in [-0.15, -0.1) is 0 Å². The molecule has 0 fully saturated rings. The molecule has 0 radical (unpaired) electrons. The number of rotatable bonds is 4. The zero-order chi connectivity index (χ0) is 13.7. The second-order valence-corrected chi connectivity index (χ2v) is 4.39. The summed E-state index contributed by atoms with van der Waals surface area (Å²) in [5, 5.41) is 9.99. The van der Waals surface area contributed by atoms with Gasteiger partial charge < -0.3 is 0 Å². The lowest BCUT2D eigenvalue weighted by Crippen LogP contribution is -2.10. The molecule has 98 valence electrons. The summed E-state index contributed by atoms with van der Waals surface area (Å²) >= 11 is 5.81. The van der Waals surface area contributed by atoms with Crippen LogP contribution in [0, 0.1) is 0 Å². The topological polar surface area (TPSA) is 70.1 Å². The Bertz CT molecular complexity index is 624. The number of hydrogen-bond acceptors (Lipinski definition) is 4. The van der Waals surface area contributed by atoms with Crippen LogP contribution >= 0.6 is 11.6 Å². The van der Waals surface area contributed by atoms with Crippen molar-refractivity contribution < 1.29 is 0 Å². The number of H-pyrrole nitrogens is 1. The number of aromatic nitrogens is 2. The van der Waals surface area contributed by atoms with Gasteiger partial charge >= 0.3 is 0 Å². The number of benzene rings is 1. The molecule has 0 amide bonds. The SMILES string of the molecule is C[C@H](/C=N\Nc1cn[nH]c(=O)c1Cl)c1ccccc1. The summed E-state index contributed by atoms with van der Waals surface area (Å²) < 4.78 is 0. The van der Waals surface area contributed by atoms with Crippen molar-refractivity contribution in [3.05, 3.63) is 57.5 Å². The Hall–Kier alpha value is -2.14. The van der Waals surface area contributed by atoms with Crippen LogP contribution in [0.4, 0.5) is 5.69 Å². The fourth-order valence-corrected chi connectivity index (χ4v) is 1.66. The van der Waals surface area contributed by atoms with Crippen LogP contribution < -0.4 is 11.0 Å². The first-order valence-corrected chi connectivity index (χ1v) is 6.13. The molecule has 0 saturated carbocycles. The molecule has 1 aromatic heterocycles. The van der Waals surface area contributed by atoms with Crippen molar-refractivity contribution in [2.24, 2.45) is 5.10 Å². The number of hydrogen-bond donors (Lipinski definition) is 2. The normalized spacial score (nSPS) is 12.5. The molecule has 6 heteroatoms. The third-order valence-corrected chi connectivity index (χ3v) is 2.98. The molecule has 0 saturated heterocycles. The molecule has 5 nitrogen and oxygen atoms in total. The molecule has 0 aliphatic heterocycles. The third-order valence-electron chi connectivity index (χ3n) is 2.60. The van der Waals surface area contributed by atoms with E-state index < -0.39 is 5.56 Å². The quantitative estimate of drug-likeness (QED) is 0.666. The zero-order valence-electron chi connectivity index (χ0n) is 10.3. The minimum atomic E-state index is -0.446. The van der Waals surface area contributed by atoms with Gasteiger partial charge in [0, 0.05) is 12.1 Å². The minimum absolute atomic E-state index is 0.0412. The van der Waals surface area contributed by atoms with Gasteiger partial charge in [-0.05, 0) is 5.56 Å². The summed E-state index contributed by atoms with van der Waals surface area (Å²) in [6.45, 7) is 2.03. The molecular weight excluding hydrogens is 264 g/mol. The summed E-state index contributed by atoms with van der Waals surface area (Å²) in [4.78, 5) is 11.2. The van der Waals surface area contributed by atoms with Crippen molar-refractivity contribution in [3.8, 4) is 0 Å². The first-order chi connectivity index (χ1) is 9.18. The Morgan fingerprint density at radius 1 is 1.42 bits per heavy atom. The number of halogens is 1. The lowest BCUT2D eigenvalue weighted by Gasteiger charge is -2.06. The average Bonchev–Trinajstić information content (AvgIpc) is 2.44. The van der Waals surface area contributed by atoms with Gasteiger partial charge in [0.2, 0.25) is 0 Å². The predicted molar refractivity (Wildman–Crippen MR) is 76.8 cm³/mol. The van der Waals surface area contributed by atoms with E-state index in [-0.39, 0.29) is 10.9 Å². The van der Waals surface area contributed by atoms with E-state index in [1.165, 1.54) is 6.20 Å². The number of hydrazone groups is 1. The highest BCUT2D eigenvalue weighted by Crippen LogP contribution is 2.15. The Morgan fingerprint density at radius 3 is 2.89 bits per heavy atom. The lowest BCUT2D eigenvalue weighted by atomic mass is 10.0. The highest BCUT2D eigenvalue weighted by molar-refractivity contribution is 6.32. The second-order valence-electron chi connectivity index (χ2n) is 4.02. The largest absolute Gasteiger partial charge is 0.285 e. The van der Waals surface area contributed by atoms with Crippen LogP contribution in [0.1, 0.15) is 18.4 Å². The van der Waals surface area contributed by atoms with Gasteiger partial charge in [-0.25, -0.2) is 5.10 Å². The fourth-order valence-electron chi connectivity index (χ4n) is 1.52. The molecule has 2 rings (SSSR count). The van der Waals surface area contributed by atoms with Crippen molar-refractivity contribution in [2.75, 3.05) is 5.43 Å². The van der Waals surface area contributed by atoms with Crippen LogP contribution in [0.3, 0.4) is 0 Å².